The summed E-state index contributed by atoms with van der Waals surface area (Å²) in [5.74, 6) is -0.0904. The van der Waals surface area contributed by atoms with Crippen LogP contribution < -0.4 is 14.4 Å². The van der Waals surface area contributed by atoms with Crippen LogP contribution in [0.3, 0.4) is 0 Å². The van der Waals surface area contributed by atoms with E-state index in [9.17, 15) is 18.0 Å². The van der Waals surface area contributed by atoms with Gasteiger partial charge in [0.05, 0.1) is 17.2 Å². The summed E-state index contributed by atoms with van der Waals surface area (Å²) in [7, 11) is -4.15. The van der Waals surface area contributed by atoms with Gasteiger partial charge in [-0.25, -0.2) is 8.42 Å². The first-order valence-corrected chi connectivity index (χ1v) is 17.0. The van der Waals surface area contributed by atoms with E-state index in [0.717, 1.165) is 46.7 Å². The Morgan fingerprint density at radius 3 is 2.20 bits per heavy atom. The summed E-state index contributed by atoms with van der Waals surface area (Å²) in [6.07, 6.45) is 5.56. The fraction of sp³-hybridized carbons (Fsp3) is 0.429. The third kappa shape index (κ3) is 8.40. The molecule has 3 aromatic carbocycles. The second kappa shape index (κ2) is 15.2. The number of benzene rings is 3. The highest BCUT2D eigenvalue weighted by atomic mass is 32.2. The Morgan fingerprint density at radius 2 is 1.59 bits per heavy atom. The molecule has 1 N–H and O–H groups in total. The number of hydrogen-bond donors (Lipinski definition) is 1. The van der Waals surface area contributed by atoms with E-state index < -0.39 is 28.5 Å². The van der Waals surface area contributed by atoms with Crippen LogP contribution in [0.1, 0.15) is 69.1 Å². The minimum absolute atomic E-state index is 0.0432. The van der Waals surface area contributed by atoms with Gasteiger partial charge in [0.1, 0.15) is 18.3 Å². The number of carbonyl (C=O) groups excluding carboxylic acids is 2. The molecule has 9 heteroatoms. The topological polar surface area (TPSA) is 96.0 Å². The van der Waals surface area contributed by atoms with Gasteiger partial charge in [-0.15, -0.1) is 0 Å². The van der Waals surface area contributed by atoms with Crippen LogP contribution >= 0.6 is 0 Å². The number of carbonyl (C=O) groups is 2. The molecule has 1 atom stereocenters. The molecule has 2 amide bonds. The molecule has 1 aliphatic rings. The molecule has 0 aromatic heterocycles. The van der Waals surface area contributed by atoms with E-state index in [2.05, 4.69) is 5.32 Å². The largest absolute Gasteiger partial charge is 0.494 e. The Balaban J connectivity index is 1.70. The van der Waals surface area contributed by atoms with Gasteiger partial charge < -0.3 is 15.0 Å². The number of rotatable bonds is 13. The lowest BCUT2D eigenvalue weighted by Gasteiger charge is -2.34. The van der Waals surface area contributed by atoms with E-state index in [4.69, 9.17) is 4.74 Å². The van der Waals surface area contributed by atoms with Gasteiger partial charge in [0.25, 0.3) is 10.0 Å². The van der Waals surface area contributed by atoms with Crippen molar-refractivity contribution in [2.75, 3.05) is 17.5 Å². The highest BCUT2D eigenvalue weighted by molar-refractivity contribution is 7.92. The first-order valence-electron chi connectivity index (χ1n) is 15.6. The molecule has 0 saturated heterocycles. The summed E-state index contributed by atoms with van der Waals surface area (Å²) < 4.78 is 34.9. The predicted octanol–water partition coefficient (Wildman–Crippen LogP) is 6.15. The van der Waals surface area contributed by atoms with Gasteiger partial charge in [-0.2, -0.15) is 0 Å². The molecule has 0 aliphatic heterocycles. The number of nitrogens with zero attached hydrogens (tertiary/aromatic N) is 2. The van der Waals surface area contributed by atoms with Crippen LogP contribution in [0.2, 0.25) is 0 Å². The second-order valence-corrected chi connectivity index (χ2v) is 13.4. The number of ether oxygens (including phenoxy) is 1. The van der Waals surface area contributed by atoms with Gasteiger partial charge in [0, 0.05) is 12.6 Å². The highest BCUT2D eigenvalue weighted by Crippen LogP contribution is 2.27. The minimum atomic E-state index is -4.15. The van der Waals surface area contributed by atoms with Gasteiger partial charge in [-0.1, -0.05) is 73.7 Å². The van der Waals surface area contributed by atoms with Gasteiger partial charge in [-0.05, 0) is 82.0 Å². The smallest absolute Gasteiger partial charge is 0.264 e. The van der Waals surface area contributed by atoms with Crippen molar-refractivity contribution in [2.24, 2.45) is 0 Å². The summed E-state index contributed by atoms with van der Waals surface area (Å²) in [5.41, 5.74) is 3.24. The van der Waals surface area contributed by atoms with E-state index in [1.165, 1.54) is 18.6 Å². The van der Waals surface area contributed by atoms with Crippen LogP contribution in [0.15, 0.2) is 77.7 Å². The van der Waals surface area contributed by atoms with E-state index in [-0.39, 0.29) is 23.4 Å². The van der Waals surface area contributed by atoms with Gasteiger partial charge in [0.15, 0.2) is 0 Å². The van der Waals surface area contributed by atoms with Crippen LogP contribution in [0.4, 0.5) is 5.69 Å². The van der Waals surface area contributed by atoms with E-state index in [1.807, 2.05) is 64.1 Å². The van der Waals surface area contributed by atoms with Gasteiger partial charge in [-0.3, -0.25) is 13.9 Å². The Bertz CT molecular complexity index is 1500. The van der Waals surface area contributed by atoms with Crippen molar-refractivity contribution in [1.29, 1.82) is 0 Å². The zero-order valence-electron chi connectivity index (χ0n) is 26.3. The number of nitrogens with one attached hydrogen (secondary N) is 1. The maximum atomic E-state index is 14.3. The lowest BCUT2D eigenvalue weighted by molar-refractivity contribution is -0.140. The second-order valence-electron chi connectivity index (χ2n) is 11.5. The monoisotopic (exact) mass is 619 g/mol. The summed E-state index contributed by atoms with van der Waals surface area (Å²) in [5, 5.41) is 3.19. The van der Waals surface area contributed by atoms with Crippen LogP contribution in [0, 0.1) is 13.8 Å². The maximum absolute atomic E-state index is 14.3. The zero-order valence-corrected chi connectivity index (χ0v) is 27.1. The molecule has 236 valence electrons. The Labute approximate surface area is 262 Å². The molecular formula is C35H45N3O5S. The molecule has 44 heavy (non-hydrogen) atoms. The summed E-state index contributed by atoms with van der Waals surface area (Å²) in [6, 6.07) is 20.4. The first kappa shape index (κ1) is 33.1. The molecule has 1 fully saturated rings. The Kier molecular flexibility index (Phi) is 11.4. The van der Waals surface area contributed by atoms with Crippen molar-refractivity contribution in [1.82, 2.24) is 10.2 Å². The summed E-state index contributed by atoms with van der Waals surface area (Å²) in [6.45, 7) is 7.82. The van der Waals surface area contributed by atoms with E-state index >= 15 is 0 Å². The van der Waals surface area contributed by atoms with Gasteiger partial charge >= 0.3 is 0 Å². The van der Waals surface area contributed by atoms with Crippen LogP contribution in [-0.4, -0.2) is 50.4 Å². The molecule has 3 aromatic rings. The molecule has 1 aliphatic carbocycles. The third-order valence-electron chi connectivity index (χ3n) is 8.10. The predicted molar refractivity (Wildman–Crippen MR) is 174 cm³/mol. The average molecular weight is 620 g/mol. The van der Waals surface area contributed by atoms with Crippen LogP contribution in [0.5, 0.6) is 5.75 Å². The fourth-order valence-electron chi connectivity index (χ4n) is 5.71. The lowest BCUT2D eigenvalue weighted by Crippen LogP contribution is -2.54. The first-order chi connectivity index (χ1) is 21.1. The van der Waals surface area contributed by atoms with Crippen LogP contribution in [0.25, 0.3) is 0 Å². The normalized spacial score (nSPS) is 14.5. The number of amides is 2. The summed E-state index contributed by atoms with van der Waals surface area (Å²) in [4.78, 5) is 29.6. The molecule has 0 radical (unpaired) electrons. The summed E-state index contributed by atoms with van der Waals surface area (Å²) >= 11 is 0. The number of hydrogen-bond acceptors (Lipinski definition) is 5. The van der Waals surface area contributed by atoms with Crippen molar-refractivity contribution in [3.63, 3.8) is 0 Å². The molecule has 0 spiro atoms. The molecule has 0 unspecified atom stereocenters. The van der Waals surface area contributed by atoms with Crippen molar-refractivity contribution < 1.29 is 22.7 Å². The van der Waals surface area contributed by atoms with E-state index in [1.54, 1.807) is 29.2 Å². The lowest BCUT2D eigenvalue weighted by atomic mass is 9.95. The molecule has 4 rings (SSSR count). The SMILES string of the molecule is CCOc1ccc(S(=O)(=O)N(CC(=O)N(Cc2cccc(C)c2)[C@H](CC)C(=O)NC2CCCCC2)c2ccc(C)cc2)cc1. The maximum Gasteiger partial charge on any atom is 0.264 e. The molecule has 0 bridgehead atoms. The van der Waals surface area contributed by atoms with Crippen molar-refractivity contribution >= 4 is 27.5 Å². The standard InChI is InChI=1S/C35H45N3O5S/c1-5-33(35(40)36-29-13-8-7-9-14-29)37(24-28-12-10-11-27(4)23-28)34(39)25-38(30-17-15-26(3)16-18-30)44(41,42)32-21-19-31(20-22-32)43-6-2/h10-12,15-23,29,33H,5-9,13-14,24-25H2,1-4H3,(H,36,40)/t33-/m1/s1. The number of sulfonamides is 1. The number of aryl methyl sites for hydroxylation is 2. The average Bonchev–Trinajstić information content (AvgIpc) is 3.01. The molecule has 1 saturated carbocycles. The quantitative estimate of drug-likeness (QED) is 0.248. The molecule has 0 heterocycles. The minimum Gasteiger partial charge on any atom is -0.494 e. The zero-order chi connectivity index (χ0) is 31.7. The Hall–Kier alpha value is -3.85. The number of anilines is 1. The van der Waals surface area contributed by atoms with Crippen molar-refractivity contribution in [3.8, 4) is 5.75 Å². The molecular weight excluding hydrogens is 574 g/mol. The van der Waals surface area contributed by atoms with Crippen molar-refractivity contribution in [3.05, 3.63) is 89.5 Å². The molecule has 8 nitrogen and oxygen atoms in total. The Morgan fingerprint density at radius 1 is 0.909 bits per heavy atom. The van der Waals surface area contributed by atoms with Gasteiger partial charge in [0.2, 0.25) is 11.8 Å². The fourth-order valence-corrected chi connectivity index (χ4v) is 7.13. The third-order valence-corrected chi connectivity index (χ3v) is 9.88. The highest BCUT2D eigenvalue weighted by Gasteiger charge is 2.34. The van der Waals surface area contributed by atoms with E-state index in [0.29, 0.717) is 24.5 Å². The van der Waals surface area contributed by atoms with Crippen LogP contribution in [-0.2, 0) is 26.2 Å². The van der Waals surface area contributed by atoms with Crippen molar-refractivity contribution in [2.45, 2.75) is 89.7 Å².